The average Bonchev–Trinajstić information content (AvgIpc) is 3.57. The molecule has 1 unspecified atom stereocenters. The van der Waals surface area contributed by atoms with Crippen LogP contribution >= 0.6 is 0 Å². The first-order chi connectivity index (χ1) is 16.2. The summed E-state index contributed by atoms with van der Waals surface area (Å²) >= 11 is 0. The number of benzene rings is 1. The molecule has 9 heteroatoms. The van der Waals surface area contributed by atoms with Crippen molar-refractivity contribution in [2.45, 2.75) is 25.5 Å². The van der Waals surface area contributed by atoms with E-state index in [4.69, 9.17) is 9.15 Å². The Kier molecular flexibility index (Phi) is 6.32. The summed E-state index contributed by atoms with van der Waals surface area (Å²) in [5, 5.41) is 20.7. The van der Waals surface area contributed by atoms with Crippen LogP contribution in [0.1, 0.15) is 41.6 Å². The molecule has 2 aromatic heterocycles. The van der Waals surface area contributed by atoms with Gasteiger partial charge in [0.15, 0.2) is 12.0 Å². The number of furan rings is 1. The van der Waals surface area contributed by atoms with E-state index in [0.717, 1.165) is 42.9 Å². The van der Waals surface area contributed by atoms with Gasteiger partial charge >= 0.3 is 0 Å². The maximum Gasteiger partial charge on any atom is 0.254 e. The Balaban J connectivity index is 1.39. The van der Waals surface area contributed by atoms with Crippen LogP contribution in [-0.4, -0.2) is 65.5 Å². The second-order valence-corrected chi connectivity index (χ2v) is 8.42. The molecule has 4 heterocycles. The molecule has 1 amide bonds. The highest BCUT2D eigenvalue weighted by atomic mass is 16.5. The van der Waals surface area contributed by atoms with Gasteiger partial charge in [-0.15, -0.1) is 0 Å². The summed E-state index contributed by atoms with van der Waals surface area (Å²) < 4.78 is 11.2. The van der Waals surface area contributed by atoms with Gasteiger partial charge in [-0.25, -0.2) is 0 Å². The number of ether oxygens (including phenoxy) is 1. The highest BCUT2D eigenvalue weighted by Gasteiger charge is 2.23. The molecule has 1 atom stereocenters. The average molecular weight is 452 g/mol. The van der Waals surface area contributed by atoms with Crippen LogP contribution in [0.3, 0.4) is 0 Å². The van der Waals surface area contributed by atoms with Gasteiger partial charge in [0, 0.05) is 37.9 Å². The number of aromatic nitrogens is 2. The van der Waals surface area contributed by atoms with Gasteiger partial charge in [0.25, 0.3) is 5.91 Å². The first-order valence-electron chi connectivity index (χ1n) is 11.5. The van der Waals surface area contributed by atoms with Gasteiger partial charge in [0.05, 0.1) is 36.3 Å². The Labute approximate surface area is 192 Å². The van der Waals surface area contributed by atoms with E-state index in [9.17, 15) is 9.90 Å². The molecule has 0 spiro atoms. The number of morpholine rings is 1. The van der Waals surface area contributed by atoms with Gasteiger partial charge in [-0.05, 0) is 49.6 Å². The minimum Gasteiger partial charge on any atom is -0.456 e. The third kappa shape index (κ3) is 4.74. The van der Waals surface area contributed by atoms with E-state index in [1.807, 2.05) is 23.1 Å². The van der Waals surface area contributed by atoms with Crippen LogP contribution < -0.4 is 10.2 Å². The van der Waals surface area contributed by atoms with Gasteiger partial charge < -0.3 is 29.4 Å². The molecule has 0 aliphatic carbocycles. The molecule has 3 aromatic rings. The highest BCUT2D eigenvalue weighted by Crippen LogP contribution is 2.33. The van der Waals surface area contributed by atoms with Crippen LogP contribution in [0.15, 0.2) is 47.1 Å². The fraction of sp³-hybridized carbons (Fsp3) is 0.417. The molecule has 2 fully saturated rings. The monoisotopic (exact) mass is 451 g/mol. The normalized spacial score (nSPS) is 17.7. The van der Waals surface area contributed by atoms with Crippen molar-refractivity contribution < 1.29 is 19.1 Å². The van der Waals surface area contributed by atoms with Crippen LogP contribution in [-0.2, 0) is 4.74 Å². The largest absolute Gasteiger partial charge is 0.456 e. The van der Waals surface area contributed by atoms with E-state index >= 15 is 0 Å². The van der Waals surface area contributed by atoms with Gasteiger partial charge in [-0.3, -0.25) is 9.89 Å². The lowest BCUT2D eigenvalue weighted by Gasteiger charge is -2.32. The number of piperidine rings is 1. The molecule has 3 N–H and O–H groups in total. The molecule has 33 heavy (non-hydrogen) atoms. The summed E-state index contributed by atoms with van der Waals surface area (Å²) in [4.78, 5) is 17.2. The number of carbonyl (C=O) groups excluding carboxylic acids is 1. The number of nitrogens with one attached hydrogen (secondary N) is 2. The number of nitrogens with zero attached hydrogens (tertiary/aromatic N) is 3. The molecule has 0 saturated carbocycles. The first kappa shape index (κ1) is 21.5. The van der Waals surface area contributed by atoms with E-state index in [0.29, 0.717) is 43.4 Å². The zero-order chi connectivity index (χ0) is 22.6. The summed E-state index contributed by atoms with van der Waals surface area (Å²) in [7, 11) is 0. The second kappa shape index (κ2) is 9.68. The lowest BCUT2D eigenvalue weighted by Crippen LogP contribution is -2.40. The summed E-state index contributed by atoms with van der Waals surface area (Å²) in [6.45, 7) is 4.19. The Hall–Kier alpha value is -3.30. The molecule has 5 rings (SSSR count). The summed E-state index contributed by atoms with van der Waals surface area (Å²) in [6.07, 6.45) is 5.79. The SMILES string of the molecule is O=C(c1ccc(NC(O)c2ccc(-c3cn[nH]c3)o2)c(N2CCCCC2)c1)N1CCOCC1. The number of carbonyl (C=O) groups is 1. The van der Waals surface area contributed by atoms with Gasteiger partial charge in [-0.2, -0.15) is 5.10 Å². The zero-order valence-electron chi connectivity index (χ0n) is 18.5. The second-order valence-electron chi connectivity index (χ2n) is 8.42. The van der Waals surface area contributed by atoms with Crippen molar-refractivity contribution >= 4 is 17.3 Å². The van der Waals surface area contributed by atoms with Crippen molar-refractivity contribution in [3.8, 4) is 11.3 Å². The number of anilines is 2. The minimum atomic E-state index is -1.03. The Morgan fingerprint density at radius 3 is 2.67 bits per heavy atom. The molecule has 174 valence electrons. The van der Waals surface area contributed by atoms with E-state index in [-0.39, 0.29) is 5.91 Å². The van der Waals surface area contributed by atoms with E-state index in [1.54, 1.807) is 24.5 Å². The van der Waals surface area contributed by atoms with Crippen LogP contribution in [0.5, 0.6) is 0 Å². The number of rotatable bonds is 6. The number of aromatic amines is 1. The fourth-order valence-corrected chi connectivity index (χ4v) is 4.39. The number of amides is 1. The fourth-order valence-electron chi connectivity index (χ4n) is 4.39. The quantitative estimate of drug-likeness (QED) is 0.494. The van der Waals surface area contributed by atoms with Crippen LogP contribution in [0, 0.1) is 0 Å². The summed E-state index contributed by atoms with van der Waals surface area (Å²) in [5.41, 5.74) is 3.16. The predicted molar refractivity (Wildman–Crippen MR) is 124 cm³/mol. The maximum atomic E-state index is 13.1. The maximum absolute atomic E-state index is 13.1. The summed E-state index contributed by atoms with van der Waals surface area (Å²) in [6, 6.07) is 9.19. The third-order valence-corrected chi connectivity index (χ3v) is 6.21. The number of aliphatic hydroxyl groups excluding tert-OH is 1. The number of hydrogen-bond donors (Lipinski definition) is 3. The molecular formula is C24H29N5O4. The molecule has 0 radical (unpaired) electrons. The third-order valence-electron chi connectivity index (χ3n) is 6.21. The van der Waals surface area contributed by atoms with E-state index < -0.39 is 6.23 Å². The molecule has 2 aliphatic rings. The van der Waals surface area contributed by atoms with Crippen molar-refractivity contribution in [2.24, 2.45) is 0 Å². The topological polar surface area (TPSA) is 107 Å². The molecule has 0 bridgehead atoms. The Bertz CT molecular complexity index is 1070. The summed E-state index contributed by atoms with van der Waals surface area (Å²) in [5.74, 6) is 1.05. The lowest BCUT2D eigenvalue weighted by molar-refractivity contribution is 0.0303. The van der Waals surface area contributed by atoms with E-state index in [2.05, 4.69) is 20.4 Å². The first-order valence-corrected chi connectivity index (χ1v) is 11.5. The Morgan fingerprint density at radius 1 is 1.09 bits per heavy atom. The minimum absolute atomic E-state index is 0.0134. The highest BCUT2D eigenvalue weighted by molar-refractivity contribution is 5.96. The molecule has 1 aromatic carbocycles. The lowest BCUT2D eigenvalue weighted by atomic mass is 10.1. The van der Waals surface area contributed by atoms with Gasteiger partial charge in [0.2, 0.25) is 0 Å². The number of H-pyrrole nitrogens is 1. The van der Waals surface area contributed by atoms with Gasteiger partial charge in [-0.1, -0.05) is 0 Å². The van der Waals surface area contributed by atoms with Crippen molar-refractivity contribution in [2.75, 3.05) is 49.6 Å². The standard InChI is InChI=1S/C24H29N5O4/c30-23(22-7-6-21(33-22)18-15-25-26-16-18)27-19-5-4-17(24(31)29-10-12-32-13-11-29)14-20(19)28-8-2-1-3-9-28/h4-7,14-16,23,27,30H,1-3,8-13H2,(H,25,26). The molecule has 2 saturated heterocycles. The van der Waals surface area contributed by atoms with Gasteiger partial charge in [0.1, 0.15) is 5.76 Å². The Morgan fingerprint density at radius 2 is 1.91 bits per heavy atom. The molecule has 2 aliphatic heterocycles. The molecule has 9 nitrogen and oxygen atoms in total. The van der Waals surface area contributed by atoms with Crippen LogP contribution in [0.2, 0.25) is 0 Å². The number of aliphatic hydroxyl groups is 1. The van der Waals surface area contributed by atoms with Crippen molar-refractivity contribution in [1.82, 2.24) is 15.1 Å². The predicted octanol–water partition coefficient (Wildman–Crippen LogP) is 3.24. The smallest absolute Gasteiger partial charge is 0.254 e. The zero-order valence-corrected chi connectivity index (χ0v) is 18.5. The van der Waals surface area contributed by atoms with Crippen LogP contribution in [0.25, 0.3) is 11.3 Å². The van der Waals surface area contributed by atoms with E-state index in [1.165, 1.54) is 6.42 Å². The van der Waals surface area contributed by atoms with Crippen molar-refractivity contribution in [1.29, 1.82) is 0 Å². The molecular weight excluding hydrogens is 422 g/mol. The number of hydrogen-bond acceptors (Lipinski definition) is 7. The van der Waals surface area contributed by atoms with Crippen molar-refractivity contribution in [3.05, 3.63) is 54.0 Å². The van der Waals surface area contributed by atoms with Crippen LogP contribution in [0.4, 0.5) is 11.4 Å². The van der Waals surface area contributed by atoms with Crippen molar-refractivity contribution in [3.63, 3.8) is 0 Å².